The molecule has 0 saturated heterocycles. The lowest BCUT2D eigenvalue weighted by Gasteiger charge is -2.08. The Hall–Kier alpha value is -3.07. The van der Waals surface area contributed by atoms with E-state index in [9.17, 15) is 4.79 Å². The van der Waals surface area contributed by atoms with E-state index in [1.54, 1.807) is 4.57 Å². The lowest BCUT2D eigenvalue weighted by molar-refractivity contribution is 0.787. The summed E-state index contributed by atoms with van der Waals surface area (Å²) in [7, 11) is 0. The number of nitrogens with one attached hydrogen (secondary N) is 1. The highest BCUT2D eigenvalue weighted by atomic mass is 16.1. The highest BCUT2D eigenvalue weighted by Gasteiger charge is 2.07. The number of aromatic nitrogens is 2. The number of aryl methyl sites for hydroxylation is 1. The van der Waals surface area contributed by atoms with Crippen LogP contribution < -0.4 is 5.69 Å². The molecule has 3 nitrogen and oxygen atoms in total. The number of fused-ring (bicyclic) bond motifs is 1. The predicted octanol–water partition coefficient (Wildman–Crippen LogP) is 4.35. The highest BCUT2D eigenvalue weighted by Crippen LogP contribution is 2.23. The maximum absolute atomic E-state index is 12.2. The molecular weight excluding hydrogens is 296 g/mol. The summed E-state index contributed by atoms with van der Waals surface area (Å²) in [5.74, 6) is 0. The van der Waals surface area contributed by atoms with E-state index in [0.29, 0.717) is 6.54 Å². The number of nitrogens with zero attached hydrogens (tertiary/aromatic N) is 1. The Morgan fingerprint density at radius 1 is 0.875 bits per heavy atom. The van der Waals surface area contributed by atoms with Crippen LogP contribution in [0.4, 0.5) is 0 Å². The maximum atomic E-state index is 12.2. The van der Waals surface area contributed by atoms with E-state index in [2.05, 4.69) is 60.4 Å². The maximum Gasteiger partial charge on any atom is 0.326 e. The summed E-state index contributed by atoms with van der Waals surface area (Å²) in [6.45, 7) is 2.69. The van der Waals surface area contributed by atoms with Crippen molar-refractivity contribution in [2.24, 2.45) is 0 Å². The normalized spacial score (nSPS) is 11.0. The van der Waals surface area contributed by atoms with Crippen LogP contribution >= 0.6 is 0 Å². The molecule has 1 N–H and O–H groups in total. The number of hydrogen-bond donors (Lipinski definition) is 1. The molecule has 3 heteroatoms. The van der Waals surface area contributed by atoms with Crippen molar-refractivity contribution in [2.75, 3.05) is 0 Å². The van der Waals surface area contributed by atoms with E-state index in [4.69, 9.17) is 0 Å². The molecule has 24 heavy (non-hydrogen) atoms. The molecule has 0 spiro atoms. The highest BCUT2D eigenvalue weighted by molar-refractivity contribution is 5.75. The molecule has 3 aromatic carbocycles. The molecule has 118 valence electrons. The van der Waals surface area contributed by atoms with Crippen LogP contribution in [0.5, 0.6) is 0 Å². The van der Waals surface area contributed by atoms with E-state index in [0.717, 1.165) is 16.6 Å². The molecular formula is C21H18N2O. The van der Waals surface area contributed by atoms with Gasteiger partial charge in [-0.15, -0.1) is 0 Å². The van der Waals surface area contributed by atoms with E-state index in [1.165, 1.54) is 16.7 Å². The fraction of sp³-hybridized carbons (Fsp3) is 0.0952. The third kappa shape index (κ3) is 2.54. The SMILES string of the molecule is Cc1ccccc1-c1ccc(Cn2c(=O)[nH]c3ccccc32)cc1. The minimum atomic E-state index is -0.0702. The average Bonchev–Trinajstić information content (AvgIpc) is 2.92. The second-order valence-corrected chi connectivity index (χ2v) is 6.05. The lowest BCUT2D eigenvalue weighted by Crippen LogP contribution is -2.17. The van der Waals surface area contributed by atoms with Crippen LogP contribution in [-0.4, -0.2) is 9.55 Å². The summed E-state index contributed by atoms with van der Waals surface area (Å²) in [4.78, 5) is 15.1. The van der Waals surface area contributed by atoms with Gasteiger partial charge in [0.25, 0.3) is 0 Å². The van der Waals surface area contributed by atoms with Gasteiger partial charge in [-0.25, -0.2) is 4.79 Å². The summed E-state index contributed by atoms with van der Waals surface area (Å²) in [5, 5.41) is 0. The minimum Gasteiger partial charge on any atom is -0.306 e. The molecule has 0 atom stereocenters. The summed E-state index contributed by atoms with van der Waals surface area (Å²) < 4.78 is 1.78. The quantitative estimate of drug-likeness (QED) is 0.599. The Bertz CT molecular complexity index is 1060. The topological polar surface area (TPSA) is 37.8 Å². The molecule has 1 aromatic heterocycles. The molecule has 4 aromatic rings. The molecule has 0 saturated carbocycles. The minimum absolute atomic E-state index is 0.0702. The van der Waals surface area contributed by atoms with Crippen LogP contribution in [0, 0.1) is 6.92 Å². The van der Waals surface area contributed by atoms with Crippen LogP contribution in [-0.2, 0) is 6.54 Å². The Labute approximate surface area is 140 Å². The van der Waals surface area contributed by atoms with Crippen molar-refractivity contribution in [3.05, 3.63) is 94.4 Å². The van der Waals surface area contributed by atoms with Crippen molar-refractivity contribution in [3.63, 3.8) is 0 Å². The van der Waals surface area contributed by atoms with Crippen LogP contribution in [0.3, 0.4) is 0 Å². The van der Waals surface area contributed by atoms with Crippen molar-refractivity contribution >= 4 is 11.0 Å². The molecule has 0 aliphatic carbocycles. The zero-order valence-electron chi connectivity index (χ0n) is 13.5. The van der Waals surface area contributed by atoms with Crippen LogP contribution in [0.1, 0.15) is 11.1 Å². The zero-order valence-corrected chi connectivity index (χ0v) is 13.5. The summed E-state index contributed by atoms with van der Waals surface area (Å²) in [6.07, 6.45) is 0. The van der Waals surface area contributed by atoms with Gasteiger partial charge in [-0.1, -0.05) is 60.7 Å². The van der Waals surface area contributed by atoms with Crippen molar-refractivity contribution in [1.29, 1.82) is 0 Å². The van der Waals surface area contributed by atoms with Gasteiger partial charge in [0.05, 0.1) is 17.6 Å². The number of hydrogen-bond acceptors (Lipinski definition) is 1. The van der Waals surface area contributed by atoms with Crippen molar-refractivity contribution < 1.29 is 0 Å². The van der Waals surface area contributed by atoms with Crippen molar-refractivity contribution in [3.8, 4) is 11.1 Å². The second-order valence-electron chi connectivity index (χ2n) is 6.05. The molecule has 0 aliphatic rings. The number of imidazole rings is 1. The molecule has 0 amide bonds. The fourth-order valence-corrected chi connectivity index (χ4v) is 3.13. The monoisotopic (exact) mass is 314 g/mol. The predicted molar refractivity (Wildman–Crippen MR) is 98.3 cm³/mol. The first kappa shape index (κ1) is 14.5. The fourth-order valence-electron chi connectivity index (χ4n) is 3.13. The number of aromatic amines is 1. The van der Waals surface area contributed by atoms with Gasteiger partial charge in [-0.2, -0.15) is 0 Å². The van der Waals surface area contributed by atoms with Crippen molar-refractivity contribution in [1.82, 2.24) is 9.55 Å². The number of benzene rings is 3. The average molecular weight is 314 g/mol. The van der Waals surface area contributed by atoms with Gasteiger partial charge in [-0.3, -0.25) is 4.57 Å². The Kier molecular flexibility index (Phi) is 3.54. The Morgan fingerprint density at radius 2 is 1.58 bits per heavy atom. The Balaban J connectivity index is 1.67. The van der Waals surface area contributed by atoms with Gasteiger partial charge in [0.2, 0.25) is 0 Å². The first-order chi connectivity index (χ1) is 11.7. The van der Waals surface area contributed by atoms with E-state index in [-0.39, 0.29) is 5.69 Å². The van der Waals surface area contributed by atoms with E-state index < -0.39 is 0 Å². The second kappa shape index (κ2) is 5.85. The zero-order chi connectivity index (χ0) is 16.5. The van der Waals surface area contributed by atoms with Crippen molar-refractivity contribution in [2.45, 2.75) is 13.5 Å². The number of H-pyrrole nitrogens is 1. The number of rotatable bonds is 3. The van der Waals surface area contributed by atoms with Gasteiger partial charge >= 0.3 is 5.69 Å². The van der Waals surface area contributed by atoms with Crippen LogP contribution in [0.15, 0.2) is 77.6 Å². The molecule has 0 unspecified atom stereocenters. The lowest BCUT2D eigenvalue weighted by atomic mass is 9.99. The van der Waals surface area contributed by atoms with Crippen LogP contribution in [0.25, 0.3) is 22.2 Å². The van der Waals surface area contributed by atoms with Gasteiger partial charge in [0, 0.05) is 0 Å². The summed E-state index contributed by atoms with van der Waals surface area (Å²) >= 11 is 0. The van der Waals surface area contributed by atoms with Gasteiger partial charge < -0.3 is 4.98 Å². The number of para-hydroxylation sites is 2. The molecule has 0 bridgehead atoms. The van der Waals surface area contributed by atoms with Gasteiger partial charge in [0.15, 0.2) is 0 Å². The molecule has 4 rings (SSSR count). The Morgan fingerprint density at radius 3 is 2.38 bits per heavy atom. The van der Waals surface area contributed by atoms with Gasteiger partial charge in [-0.05, 0) is 41.3 Å². The smallest absolute Gasteiger partial charge is 0.306 e. The first-order valence-corrected chi connectivity index (χ1v) is 8.05. The standard InChI is InChI=1S/C21H18N2O/c1-15-6-2-3-7-18(15)17-12-10-16(11-13-17)14-23-20-9-5-4-8-19(20)22-21(23)24/h2-13H,14H2,1H3,(H,22,24). The molecule has 0 aliphatic heterocycles. The van der Waals surface area contributed by atoms with E-state index in [1.807, 2.05) is 24.3 Å². The first-order valence-electron chi connectivity index (χ1n) is 8.05. The van der Waals surface area contributed by atoms with Gasteiger partial charge in [0.1, 0.15) is 0 Å². The molecule has 1 heterocycles. The molecule has 0 radical (unpaired) electrons. The molecule has 0 fully saturated rings. The third-order valence-electron chi connectivity index (χ3n) is 4.43. The summed E-state index contributed by atoms with van der Waals surface area (Å²) in [5.41, 5.74) is 6.55. The third-order valence-corrected chi connectivity index (χ3v) is 4.43. The van der Waals surface area contributed by atoms with Crippen LogP contribution in [0.2, 0.25) is 0 Å². The largest absolute Gasteiger partial charge is 0.326 e. The van der Waals surface area contributed by atoms with E-state index >= 15 is 0 Å². The summed E-state index contributed by atoms with van der Waals surface area (Å²) in [6, 6.07) is 24.6.